The highest BCUT2D eigenvalue weighted by Gasteiger charge is 2.25. The van der Waals surface area contributed by atoms with Crippen LogP contribution in [-0.2, 0) is 12.8 Å². The van der Waals surface area contributed by atoms with Crippen LogP contribution < -0.4 is 10.2 Å². The topological polar surface area (TPSA) is 28.2 Å². The van der Waals surface area contributed by atoms with E-state index in [0.717, 1.165) is 19.6 Å². The molecule has 17 heavy (non-hydrogen) atoms. The third-order valence-electron chi connectivity index (χ3n) is 3.87. The molecule has 1 aromatic rings. The zero-order valence-electron chi connectivity index (χ0n) is 10.6. The van der Waals surface area contributed by atoms with E-state index in [-0.39, 0.29) is 0 Å². The van der Waals surface area contributed by atoms with Gasteiger partial charge in [-0.05, 0) is 37.3 Å². The van der Waals surface area contributed by atoms with Crippen molar-refractivity contribution in [3.8, 4) is 0 Å². The van der Waals surface area contributed by atoms with Crippen molar-refractivity contribution in [1.29, 1.82) is 0 Å². The maximum Gasteiger partial charge on any atom is 0.129 e. The highest BCUT2D eigenvalue weighted by atomic mass is 15.3. The molecule has 0 unspecified atom stereocenters. The minimum atomic E-state index is 0.655. The molecule has 1 aliphatic heterocycles. The molecule has 3 heteroatoms. The first-order chi connectivity index (χ1) is 8.38. The average Bonchev–Trinajstić information content (AvgIpc) is 2.72. The monoisotopic (exact) mass is 231 g/mol. The number of hydrogen-bond donors (Lipinski definition) is 1. The molecular weight excluding hydrogens is 210 g/mol. The fourth-order valence-corrected chi connectivity index (χ4v) is 2.79. The fourth-order valence-electron chi connectivity index (χ4n) is 2.79. The number of nitrogens with one attached hydrogen (secondary N) is 1. The Morgan fingerprint density at radius 2 is 2.24 bits per heavy atom. The molecule has 0 radical (unpaired) electrons. The summed E-state index contributed by atoms with van der Waals surface area (Å²) in [5, 5.41) is 3.35. The Bertz CT molecular complexity index is 398. The van der Waals surface area contributed by atoms with Crippen molar-refractivity contribution in [2.24, 2.45) is 0 Å². The molecular formula is C14H21N3. The van der Waals surface area contributed by atoms with Gasteiger partial charge < -0.3 is 10.2 Å². The summed E-state index contributed by atoms with van der Waals surface area (Å²) in [5.41, 5.74) is 2.81. The van der Waals surface area contributed by atoms with Crippen molar-refractivity contribution < 1.29 is 0 Å². The van der Waals surface area contributed by atoms with Crippen LogP contribution in [0.5, 0.6) is 0 Å². The molecule has 1 N–H and O–H groups in total. The second-order valence-electron chi connectivity index (χ2n) is 5.13. The minimum absolute atomic E-state index is 0.655. The molecule has 0 amide bonds. The number of hydrogen-bond acceptors (Lipinski definition) is 3. The number of rotatable bonds is 4. The Labute approximate surface area is 103 Å². The summed E-state index contributed by atoms with van der Waals surface area (Å²) in [5.74, 6) is 1.19. The van der Waals surface area contributed by atoms with Gasteiger partial charge >= 0.3 is 0 Å². The number of pyridine rings is 1. The summed E-state index contributed by atoms with van der Waals surface area (Å²) < 4.78 is 0. The van der Waals surface area contributed by atoms with Crippen LogP contribution in [0.25, 0.3) is 0 Å². The van der Waals surface area contributed by atoms with Crippen molar-refractivity contribution in [3.63, 3.8) is 0 Å². The maximum atomic E-state index is 4.87. The van der Waals surface area contributed by atoms with Gasteiger partial charge in [-0.3, -0.25) is 0 Å². The second-order valence-corrected chi connectivity index (χ2v) is 5.13. The molecule has 0 atom stereocenters. The van der Waals surface area contributed by atoms with Crippen molar-refractivity contribution >= 4 is 5.82 Å². The zero-order chi connectivity index (χ0) is 11.7. The van der Waals surface area contributed by atoms with E-state index in [2.05, 4.69) is 29.3 Å². The van der Waals surface area contributed by atoms with Crippen LogP contribution in [0.2, 0.25) is 0 Å². The Morgan fingerprint density at radius 1 is 1.35 bits per heavy atom. The molecule has 2 aliphatic rings. The minimum Gasteiger partial charge on any atom is -0.351 e. The largest absolute Gasteiger partial charge is 0.351 e. The van der Waals surface area contributed by atoms with Gasteiger partial charge in [-0.2, -0.15) is 0 Å². The summed E-state index contributed by atoms with van der Waals surface area (Å²) in [6, 6.07) is 5.17. The van der Waals surface area contributed by atoms with Crippen LogP contribution >= 0.6 is 0 Å². The fraction of sp³-hybridized carbons (Fsp3) is 0.643. The van der Waals surface area contributed by atoms with Crippen molar-refractivity contribution in [1.82, 2.24) is 10.3 Å². The van der Waals surface area contributed by atoms with Crippen LogP contribution in [-0.4, -0.2) is 30.7 Å². The van der Waals surface area contributed by atoms with Gasteiger partial charge in [0.1, 0.15) is 5.82 Å². The molecule has 0 bridgehead atoms. The molecule has 0 spiro atoms. The van der Waals surface area contributed by atoms with Crippen LogP contribution in [0.15, 0.2) is 12.1 Å². The van der Waals surface area contributed by atoms with E-state index in [1.165, 1.54) is 42.8 Å². The SMILES string of the molecule is CCCN(c1ccc2c(n1)CCC2)C1CNC1. The van der Waals surface area contributed by atoms with Gasteiger partial charge in [0.05, 0.1) is 6.04 Å². The third kappa shape index (κ3) is 2.04. The molecule has 1 aromatic heterocycles. The van der Waals surface area contributed by atoms with Crippen LogP contribution in [0.1, 0.15) is 31.0 Å². The first kappa shape index (κ1) is 11.0. The predicted octanol–water partition coefficient (Wildman–Crippen LogP) is 1.76. The molecule has 3 rings (SSSR count). The molecule has 2 heterocycles. The lowest BCUT2D eigenvalue weighted by Crippen LogP contribution is -2.57. The molecule has 0 saturated carbocycles. The van der Waals surface area contributed by atoms with Gasteiger partial charge in [0.2, 0.25) is 0 Å². The summed E-state index contributed by atoms with van der Waals surface area (Å²) in [6.45, 7) is 5.59. The van der Waals surface area contributed by atoms with Gasteiger partial charge in [0, 0.05) is 25.3 Å². The first-order valence-corrected chi connectivity index (χ1v) is 6.84. The Kier molecular flexibility index (Phi) is 3.02. The Morgan fingerprint density at radius 3 is 2.94 bits per heavy atom. The smallest absolute Gasteiger partial charge is 0.129 e. The highest BCUT2D eigenvalue weighted by molar-refractivity contribution is 5.45. The second kappa shape index (κ2) is 4.65. The van der Waals surface area contributed by atoms with E-state index >= 15 is 0 Å². The molecule has 1 aliphatic carbocycles. The van der Waals surface area contributed by atoms with Gasteiger partial charge in [-0.1, -0.05) is 13.0 Å². The van der Waals surface area contributed by atoms with E-state index in [0.29, 0.717) is 6.04 Å². The maximum absolute atomic E-state index is 4.87. The van der Waals surface area contributed by atoms with Crippen LogP contribution in [0.4, 0.5) is 5.82 Å². The lowest BCUT2D eigenvalue weighted by atomic mass is 10.1. The van der Waals surface area contributed by atoms with E-state index in [4.69, 9.17) is 4.98 Å². The van der Waals surface area contributed by atoms with E-state index in [9.17, 15) is 0 Å². The normalized spacial score (nSPS) is 18.9. The van der Waals surface area contributed by atoms with Gasteiger partial charge in [-0.25, -0.2) is 4.98 Å². The summed E-state index contributed by atoms with van der Waals surface area (Å²) in [4.78, 5) is 7.35. The number of fused-ring (bicyclic) bond motifs is 1. The molecule has 92 valence electrons. The quantitative estimate of drug-likeness (QED) is 0.856. The number of nitrogens with zero attached hydrogens (tertiary/aromatic N) is 2. The van der Waals surface area contributed by atoms with Gasteiger partial charge in [-0.15, -0.1) is 0 Å². The van der Waals surface area contributed by atoms with Crippen molar-refractivity contribution in [2.75, 3.05) is 24.5 Å². The van der Waals surface area contributed by atoms with Gasteiger partial charge in [0.15, 0.2) is 0 Å². The summed E-state index contributed by atoms with van der Waals surface area (Å²) in [7, 11) is 0. The van der Waals surface area contributed by atoms with E-state index in [1.54, 1.807) is 0 Å². The highest BCUT2D eigenvalue weighted by Crippen LogP contribution is 2.25. The summed E-state index contributed by atoms with van der Waals surface area (Å²) in [6.07, 6.45) is 4.87. The zero-order valence-corrected chi connectivity index (χ0v) is 10.6. The van der Waals surface area contributed by atoms with Crippen molar-refractivity contribution in [3.05, 3.63) is 23.4 Å². The van der Waals surface area contributed by atoms with Gasteiger partial charge in [0.25, 0.3) is 0 Å². The Balaban J connectivity index is 1.84. The standard InChI is InChI=1S/C14H21N3/c1-2-8-17(12-9-15-10-12)14-7-6-11-4-3-5-13(11)16-14/h6-7,12,15H,2-5,8-10H2,1H3. The number of anilines is 1. The van der Waals surface area contributed by atoms with E-state index < -0.39 is 0 Å². The van der Waals surface area contributed by atoms with Crippen molar-refractivity contribution in [2.45, 2.75) is 38.6 Å². The summed E-state index contributed by atoms with van der Waals surface area (Å²) >= 11 is 0. The molecule has 0 aromatic carbocycles. The lowest BCUT2D eigenvalue weighted by Gasteiger charge is -2.39. The predicted molar refractivity (Wildman–Crippen MR) is 70.6 cm³/mol. The molecule has 3 nitrogen and oxygen atoms in total. The number of aromatic nitrogens is 1. The molecule has 1 saturated heterocycles. The Hall–Kier alpha value is -1.09. The lowest BCUT2D eigenvalue weighted by molar-refractivity contribution is 0.410. The first-order valence-electron chi connectivity index (χ1n) is 6.84. The third-order valence-corrected chi connectivity index (χ3v) is 3.87. The van der Waals surface area contributed by atoms with E-state index in [1.807, 2.05) is 0 Å². The molecule has 1 fully saturated rings. The number of aryl methyl sites for hydroxylation is 2. The van der Waals surface area contributed by atoms with Crippen LogP contribution in [0, 0.1) is 0 Å². The van der Waals surface area contributed by atoms with Crippen LogP contribution in [0.3, 0.4) is 0 Å². The average molecular weight is 231 g/mol.